The van der Waals surface area contributed by atoms with E-state index in [1.54, 1.807) is 0 Å². The molecule has 0 bridgehead atoms. The van der Waals surface area contributed by atoms with E-state index in [0.717, 1.165) is 51.6 Å². The van der Waals surface area contributed by atoms with Crippen LogP contribution in [-0.2, 0) is 4.79 Å². The van der Waals surface area contributed by atoms with Crippen molar-refractivity contribution in [2.24, 2.45) is 10.8 Å². The van der Waals surface area contributed by atoms with Crippen LogP contribution in [0.4, 0.5) is 0 Å². The Labute approximate surface area is 117 Å². The molecular formula is C16H26N2O. The van der Waals surface area contributed by atoms with Gasteiger partial charge < -0.3 is 4.90 Å². The van der Waals surface area contributed by atoms with Gasteiger partial charge in [0.05, 0.1) is 6.07 Å². The zero-order valence-corrected chi connectivity index (χ0v) is 12.4. The van der Waals surface area contributed by atoms with Crippen molar-refractivity contribution in [3.8, 4) is 6.07 Å². The lowest BCUT2D eigenvalue weighted by Gasteiger charge is -2.42. The number of rotatable bonds is 3. The Kier molecular flexibility index (Phi) is 4.18. The van der Waals surface area contributed by atoms with E-state index in [2.05, 4.69) is 19.9 Å². The Balaban J connectivity index is 2.02. The summed E-state index contributed by atoms with van der Waals surface area (Å²) in [7, 11) is 0. The van der Waals surface area contributed by atoms with Crippen LogP contribution in [0.5, 0.6) is 0 Å². The molecule has 0 aromatic carbocycles. The van der Waals surface area contributed by atoms with Crippen LogP contribution in [0, 0.1) is 22.2 Å². The van der Waals surface area contributed by atoms with Crippen LogP contribution in [0.25, 0.3) is 0 Å². The largest absolute Gasteiger partial charge is 0.341 e. The second kappa shape index (κ2) is 5.53. The van der Waals surface area contributed by atoms with E-state index in [0.29, 0.717) is 5.41 Å². The van der Waals surface area contributed by atoms with Crippen molar-refractivity contribution >= 4 is 5.91 Å². The second-order valence-electron chi connectivity index (χ2n) is 6.40. The first-order valence-corrected chi connectivity index (χ1v) is 7.82. The molecule has 1 saturated carbocycles. The summed E-state index contributed by atoms with van der Waals surface area (Å²) in [4.78, 5) is 14.6. The average Bonchev–Trinajstić information content (AvgIpc) is 2.97. The number of nitriles is 1. The molecule has 19 heavy (non-hydrogen) atoms. The number of likely N-dealkylation sites (tertiary alicyclic amines) is 1. The normalized spacial score (nSPS) is 25.0. The van der Waals surface area contributed by atoms with Gasteiger partial charge in [-0.15, -0.1) is 0 Å². The lowest BCUT2D eigenvalue weighted by atomic mass is 9.73. The highest BCUT2D eigenvalue weighted by Crippen LogP contribution is 2.42. The van der Waals surface area contributed by atoms with Gasteiger partial charge >= 0.3 is 0 Å². The maximum Gasteiger partial charge on any atom is 0.243 e. The van der Waals surface area contributed by atoms with Crippen molar-refractivity contribution in [2.45, 2.75) is 65.2 Å². The van der Waals surface area contributed by atoms with Crippen molar-refractivity contribution in [3.05, 3.63) is 0 Å². The Bertz CT molecular complexity index is 363. The molecule has 2 rings (SSSR count). The van der Waals surface area contributed by atoms with Gasteiger partial charge in [0.25, 0.3) is 0 Å². The lowest BCUT2D eigenvalue weighted by Crippen LogP contribution is -2.48. The first kappa shape index (κ1) is 14.4. The summed E-state index contributed by atoms with van der Waals surface area (Å²) in [5, 5.41) is 9.42. The van der Waals surface area contributed by atoms with E-state index in [1.165, 1.54) is 12.8 Å². The summed E-state index contributed by atoms with van der Waals surface area (Å²) in [6.45, 7) is 6.22. The van der Waals surface area contributed by atoms with Crippen molar-refractivity contribution in [3.63, 3.8) is 0 Å². The number of hydrogen-bond acceptors (Lipinski definition) is 2. The molecule has 3 nitrogen and oxygen atoms in total. The first-order chi connectivity index (χ1) is 9.11. The van der Waals surface area contributed by atoms with E-state index < -0.39 is 5.41 Å². The molecule has 3 heteroatoms. The summed E-state index contributed by atoms with van der Waals surface area (Å²) < 4.78 is 0. The highest BCUT2D eigenvalue weighted by atomic mass is 16.2. The number of hydrogen-bond donors (Lipinski definition) is 0. The van der Waals surface area contributed by atoms with E-state index in [1.807, 2.05) is 4.90 Å². The van der Waals surface area contributed by atoms with E-state index in [9.17, 15) is 10.1 Å². The van der Waals surface area contributed by atoms with Crippen molar-refractivity contribution in [1.82, 2.24) is 4.90 Å². The fourth-order valence-corrected chi connectivity index (χ4v) is 3.80. The topological polar surface area (TPSA) is 44.1 Å². The van der Waals surface area contributed by atoms with Gasteiger partial charge in [0.1, 0.15) is 5.41 Å². The molecule has 1 amide bonds. The van der Waals surface area contributed by atoms with Crippen LogP contribution in [0.1, 0.15) is 65.2 Å². The van der Waals surface area contributed by atoms with Crippen molar-refractivity contribution in [2.75, 3.05) is 13.1 Å². The van der Waals surface area contributed by atoms with Crippen molar-refractivity contribution < 1.29 is 4.79 Å². The molecule has 0 unspecified atom stereocenters. The summed E-state index contributed by atoms with van der Waals surface area (Å²) in [5.74, 6) is 0.119. The number of nitrogens with zero attached hydrogens (tertiary/aromatic N) is 2. The lowest BCUT2D eigenvalue weighted by molar-refractivity contribution is -0.141. The van der Waals surface area contributed by atoms with Crippen LogP contribution in [0.15, 0.2) is 0 Å². The van der Waals surface area contributed by atoms with E-state index in [-0.39, 0.29) is 5.91 Å². The maximum absolute atomic E-state index is 12.6. The Morgan fingerprint density at radius 1 is 1.11 bits per heavy atom. The quantitative estimate of drug-likeness (QED) is 0.781. The third-order valence-electron chi connectivity index (χ3n) is 5.69. The minimum absolute atomic E-state index is 0.119. The molecule has 106 valence electrons. The maximum atomic E-state index is 12.6. The van der Waals surface area contributed by atoms with Crippen LogP contribution >= 0.6 is 0 Å². The highest BCUT2D eigenvalue weighted by Gasteiger charge is 2.45. The molecule has 1 heterocycles. The van der Waals surface area contributed by atoms with Gasteiger partial charge in [0.2, 0.25) is 5.91 Å². The number of amides is 1. The number of carbonyl (C=O) groups is 1. The van der Waals surface area contributed by atoms with Gasteiger partial charge in [-0.25, -0.2) is 0 Å². The van der Waals surface area contributed by atoms with Gasteiger partial charge in [-0.2, -0.15) is 5.26 Å². The molecule has 0 aromatic heterocycles. The molecule has 2 aliphatic rings. The third-order valence-corrected chi connectivity index (χ3v) is 5.69. The Morgan fingerprint density at radius 2 is 1.63 bits per heavy atom. The van der Waals surface area contributed by atoms with Crippen LogP contribution in [0.3, 0.4) is 0 Å². The van der Waals surface area contributed by atoms with Crippen LogP contribution in [-0.4, -0.2) is 23.9 Å². The van der Waals surface area contributed by atoms with Crippen LogP contribution in [0.2, 0.25) is 0 Å². The number of carbonyl (C=O) groups excluding carboxylic acids is 1. The SMILES string of the molecule is CCC1(CC)CCN(C(=O)C2(C#N)CCCC2)CC1. The number of piperidine rings is 1. The van der Waals surface area contributed by atoms with Gasteiger partial charge in [0, 0.05) is 13.1 Å². The third kappa shape index (κ3) is 2.50. The van der Waals surface area contributed by atoms with E-state index >= 15 is 0 Å². The second-order valence-corrected chi connectivity index (χ2v) is 6.40. The fourth-order valence-electron chi connectivity index (χ4n) is 3.80. The average molecular weight is 262 g/mol. The zero-order valence-electron chi connectivity index (χ0n) is 12.4. The van der Waals surface area contributed by atoms with Gasteiger partial charge in [-0.05, 0) is 31.1 Å². The predicted octanol–water partition coefficient (Wildman–Crippen LogP) is 3.50. The molecule has 1 aliphatic heterocycles. The Hall–Kier alpha value is -1.04. The molecule has 0 radical (unpaired) electrons. The van der Waals surface area contributed by atoms with Crippen LogP contribution < -0.4 is 0 Å². The molecule has 0 atom stereocenters. The van der Waals surface area contributed by atoms with Gasteiger partial charge in [0.15, 0.2) is 0 Å². The molecular weight excluding hydrogens is 236 g/mol. The highest BCUT2D eigenvalue weighted by molar-refractivity contribution is 5.85. The molecule has 0 aromatic rings. The molecule has 1 saturated heterocycles. The summed E-state index contributed by atoms with van der Waals surface area (Å²) >= 11 is 0. The molecule has 0 spiro atoms. The summed E-state index contributed by atoms with van der Waals surface area (Å²) in [5.41, 5.74) is -0.245. The summed E-state index contributed by atoms with van der Waals surface area (Å²) in [6.07, 6.45) is 8.21. The van der Waals surface area contributed by atoms with Gasteiger partial charge in [-0.1, -0.05) is 39.5 Å². The first-order valence-electron chi connectivity index (χ1n) is 7.82. The zero-order chi connectivity index (χ0) is 13.9. The van der Waals surface area contributed by atoms with E-state index in [4.69, 9.17) is 0 Å². The fraction of sp³-hybridized carbons (Fsp3) is 0.875. The Morgan fingerprint density at radius 3 is 2.05 bits per heavy atom. The minimum atomic E-state index is -0.682. The predicted molar refractivity (Wildman–Crippen MR) is 75.3 cm³/mol. The standard InChI is InChI=1S/C16H26N2O/c1-3-15(4-2)9-11-18(12-10-15)14(19)16(13-17)7-5-6-8-16/h3-12H2,1-2H3. The molecule has 2 fully saturated rings. The summed E-state index contributed by atoms with van der Waals surface area (Å²) in [6, 6.07) is 2.33. The molecule has 1 aliphatic carbocycles. The van der Waals surface area contributed by atoms with Crippen molar-refractivity contribution in [1.29, 1.82) is 5.26 Å². The van der Waals surface area contributed by atoms with Gasteiger partial charge in [-0.3, -0.25) is 4.79 Å². The minimum Gasteiger partial charge on any atom is -0.341 e. The smallest absolute Gasteiger partial charge is 0.243 e. The monoisotopic (exact) mass is 262 g/mol. The molecule has 0 N–H and O–H groups in total.